The second kappa shape index (κ2) is 19.5. The summed E-state index contributed by atoms with van der Waals surface area (Å²) < 4.78 is 25.7. The summed E-state index contributed by atoms with van der Waals surface area (Å²) in [4.78, 5) is 34.3. The zero-order valence-corrected chi connectivity index (χ0v) is 28.6. The third kappa shape index (κ3) is 10.9. The molecule has 0 bridgehead atoms. The van der Waals surface area contributed by atoms with Gasteiger partial charge in [-0.2, -0.15) is 0 Å². The number of benzene rings is 1. The Morgan fingerprint density at radius 1 is 1.11 bits per heavy atom. The molecule has 3 rings (SSSR count). The van der Waals surface area contributed by atoms with Crippen molar-refractivity contribution in [3.05, 3.63) is 46.9 Å². The van der Waals surface area contributed by atoms with Crippen LogP contribution in [0.3, 0.4) is 0 Å². The minimum Gasteiger partial charge on any atom is -0.329 e. The molecule has 1 aromatic carbocycles. The zero-order chi connectivity index (χ0) is 32.5. The van der Waals surface area contributed by atoms with Gasteiger partial charge < -0.3 is 18.5 Å². The number of amides is 2. The van der Waals surface area contributed by atoms with Crippen molar-refractivity contribution in [2.24, 2.45) is 5.92 Å². The van der Waals surface area contributed by atoms with E-state index in [0.717, 1.165) is 31.5 Å². The SMILES string of the molecule is C#CCN(C)C(=O)c1c(N(C=O)CCCCP(=O)(OCC)OCC)nc(CCc2ccc(C)cc2)n1CC1CCCC1.CC. The van der Waals surface area contributed by atoms with Gasteiger partial charge in [-0.3, -0.25) is 19.1 Å². The standard InChI is InChI=1S/C32H47N4O5P.C2H6/c1-6-21-34(5)32(38)30-31(35(25-37)22-11-12-23-42(39,40-7-2)41-8-3)33-29(36(30)24-28-13-9-10-14-28)20-19-27-17-15-26(4)16-18-27;1-2/h1,15-18,25,28H,7-14,19-24H2,2-5H3;1-2H3. The highest BCUT2D eigenvalue weighted by atomic mass is 31.2. The summed E-state index contributed by atoms with van der Waals surface area (Å²) in [5, 5.41) is 0. The number of hydrogen-bond acceptors (Lipinski definition) is 6. The number of aryl methyl sites for hydroxylation is 3. The molecule has 44 heavy (non-hydrogen) atoms. The highest BCUT2D eigenvalue weighted by Crippen LogP contribution is 2.48. The zero-order valence-electron chi connectivity index (χ0n) is 27.7. The Morgan fingerprint density at radius 2 is 1.75 bits per heavy atom. The molecule has 0 saturated heterocycles. The molecule has 2 aromatic rings. The Labute approximate surface area is 265 Å². The highest BCUT2D eigenvalue weighted by molar-refractivity contribution is 7.53. The number of imidazole rings is 1. The molecule has 244 valence electrons. The van der Waals surface area contributed by atoms with E-state index in [2.05, 4.69) is 37.1 Å². The molecule has 2 amide bonds. The van der Waals surface area contributed by atoms with Crippen molar-refractivity contribution in [3.63, 3.8) is 0 Å². The van der Waals surface area contributed by atoms with E-state index in [1.165, 1.54) is 33.8 Å². The smallest absolute Gasteiger partial charge is 0.329 e. The molecule has 0 aliphatic heterocycles. The van der Waals surface area contributed by atoms with Crippen molar-refractivity contribution in [3.8, 4) is 12.3 Å². The van der Waals surface area contributed by atoms with Crippen molar-refractivity contribution in [1.29, 1.82) is 0 Å². The Bertz CT molecular complexity index is 1240. The van der Waals surface area contributed by atoms with Gasteiger partial charge in [-0.05, 0) is 64.4 Å². The van der Waals surface area contributed by atoms with Gasteiger partial charge in [0.15, 0.2) is 11.5 Å². The maximum atomic E-state index is 13.9. The fraction of sp³-hybridized carbons (Fsp3) is 0.618. The minimum absolute atomic E-state index is 0.150. The number of terminal acetylenes is 1. The molecule has 10 heteroatoms. The highest BCUT2D eigenvalue weighted by Gasteiger charge is 2.31. The summed E-state index contributed by atoms with van der Waals surface area (Å²) in [6.45, 7) is 11.4. The van der Waals surface area contributed by atoms with E-state index in [0.29, 0.717) is 63.0 Å². The number of anilines is 1. The lowest BCUT2D eigenvalue weighted by Crippen LogP contribution is -2.33. The monoisotopic (exact) mass is 628 g/mol. The van der Waals surface area contributed by atoms with E-state index in [-0.39, 0.29) is 18.6 Å². The predicted molar refractivity (Wildman–Crippen MR) is 178 cm³/mol. The van der Waals surface area contributed by atoms with Gasteiger partial charge in [0.2, 0.25) is 6.41 Å². The van der Waals surface area contributed by atoms with Crippen LogP contribution in [-0.2, 0) is 37.8 Å². The van der Waals surface area contributed by atoms with Crippen molar-refractivity contribution in [2.45, 2.75) is 92.5 Å². The minimum atomic E-state index is -3.17. The molecule has 1 saturated carbocycles. The molecule has 1 aliphatic rings. The van der Waals surface area contributed by atoms with Crippen LogP contribution in [0.25, 0.3) is 0 Å². The molecular weight excluding hydrogens is 575 g/mol. The summed E-state index contributed by atoms with van der Waals surface area (Å²) >= 11 is 0. The lowest BCUT2D eigenvalue weighted by atomic mass is 10.1. The first kappa shape index (κ1) is 37.3. The van der Waals surface area contributed by atoms with E-state index in [1.54, 1.807) is 20.9 Å². The van der Waals surface area contributed by atoms with E-state index in [9.17, 15) is 14.2 Å². The summed E-state index contributed by atoms with van der Waals surface area (Å²) in [7, 11) is -1.50. The molecule has 1 aromatic heterocycles. The molecule has 1 fully saturated rings. The lowest BCUT2D eigenvalue weighted by molar-refractivity contribution is -0.107. The van der Waals surface area contributed by atoms with E-state index in [1.807, 2.05) is 18.4 Å². The van der Waals surface area contributed by atoms with Crippen LogP contribution in [0.1, 0.15) is 93.7 Å². The molecule has 1 heterocycles. The van der Waals surface area contributed by atoms with Gasteiger partial charge >= 0.3 is 7.60 Å². The molecular formula is C34H53N4O5P. The van der Waals surface area contributed by atoms with Gasteiger partial charge in [-0.1, -0.05) is 62.4 Å². The van der Waals surface area contributed by atoms with Crippen molar-refractivity contribution in [1.82, 2.24) is 14.5 Å². The topological polar surface area (TPSA) is 94.0 Å². The second-order valence-corrected chi connectivity index (χ2v) is 13.2. The van der Waals surface area contributed by atoms with Crippen LogP contribution in [0.4, 0.5) is 5.82 Å². The van der Waals surface area contributed by atoms with Crippen LogP contribution in [-0.4, -0.2) is 66.3 Å². The number of unbranched alkanes of at least 4 members (excludes halogenated alkanes) is 1. The molecule has 9 nitrogen and oxygen atoms in total. The Kier molecular flexibility index (Phi) is 16.5. The van der Waals surface area contributed by atoms with Gasteiger partial charge in [0.25, 0.3) is 5.91 Å². The van der Waals surface area contributed by atoms with Crippen molar-refractivity contribution in [2.75, 3.05) is 44.4 Å². The fourth-order valence-electron chi connectivity index (χ4n) is 5.49. The number of nitrogens with zero attached hydrogens (tertiary/aromatic N) is 4. The Balaban J connectivity index is 0.00000330. The Morgan fingerprint density at radius 3 is 2.32 bits per heavy atom. The number of aromatic nitrogens is 2. The first-order valence-corrected chi connectivity index (χ1v) is 17.9. The van der Waals surface area contributed by atoms with E-state index < -0.39 is 7.60 Å². The average Bonchev–Trinajstić information content (AvgIpc) is 3.66. The molecule has 1 aliphatic carbocycles. The molecule has 0 spiro atoms. The Hall–Kier alpha value is -2.92. The van der Waals surface area contributed by atoms with Gasteiger partial charge in [-0.15, -0.1) is 6.42 Å². The van der Waals surface area contributed by atoms with Crippen molar-refractivity contribution < 1.29 is 23.2 Å². The first-order valence-electron chi connectivity index (χ1n) is 16.2. The largest absolute Gasteiger partial charge is 0.330 e. The summed E-state index contributed by atoms with van der Waals surface area (Å²) in [5.74, 6) is 3.89. The lowest BCUT2D eigenvalue weighted by Gasteiger charge is -2.22. The molecule has 0 radical (unpaired) electrons. The normalized spacial score (nSPS) is 13.2. The second-order valence-electron chi connectivity index (χ2n) is 11.0. The molecule has 0 unspecified atom stereocenters. The maximum absolute atomic E-state index is 13.9. The summed E-state index contributed by atoms with van der Waals surface area (Å²) in [5.41, 5.74) is 2.80. The van der Waals surface area contributed by atoms with Crippen molar-refractivity contribution >= 4 is 25.7 Å². The quantitative estimate of drug-likeness (QED) is 0.0771. The number of carbonyl (C=O) groups excluding carboxylic acids is 2. The van der Waals surface area contributed by atoms with Gasteiger partial charge in [0.05, 0.1) is 25.9 Å². The molecule has 0 N–H and O–H groups in total. The first-order chi connectivity index (χ1) is 21.2. The molecule has 0 atom stereocenters. The summed E-state index contributed by atoms with van der Waals surface area (Å²) in [6.07, 6.45) is 13.6. The average molecular weight is 629 g/mol. The third-order valence-corrected chi connectivity index (χ3v) is 9.88. The number of rotatable bonds is 18. The fourth-order valence-corrected chi connectivity index (χ4v) is 7.22. The maximum Gasteiger partial charge on any atom is 0.330 e. The van der Waals surface area contributed by atoms with Crippen LogP contribution in [0, 0.1) is 25.2 Å². The van der Waals surface area contributed by atoms with Crippen LogP contribution in [0.2, 0.25) is 0 Å². The number of hydrogen-bond donors (Lipinski definition) is 0. The van der Waals surface area contributed by atoms with Crippen LogP contribution < -0.4 is 4.90 Å². The third-order valence-electron chi connectivity index (χ3n) is 7.71. The summed E-state index contributed by atoms with van der Waals surface area (Å²) in [6, 6.07) is 8.43. The van der Waals surface area contributed by atoms with Gasteiger partial charge in [0, 0.05) is 26.6 Å². The van der Waals surface area contributed by atoms with Crippen LogP contribution in [0.15, 0.2) is 24.3 Å². The van der Waals surface area contributed by atoms with Crippen LogP contribution in [0.5, 0.6) is 0 Å². The van der Waals surface area contributed by atoms with Gasteiger partial charge in [-0.25, -0.2) is 4.98 Å². The van der Waals surface area contributed by atoms with Crippen LogP contribution >= 0.6 is 7.60 Å². The predicted octanol–water partition coefficient (Wildman–Crippen LogP) is 6.91. The van der Waals surface area contributed by atoms with E-state index >= 15 is 0 Å². The number of carbonyl (C=O) groups is 2. The van der Waals surface area contributed by atoms with E-state index in [4.69, 9.17) is 20.5 Å². The van der Waals surface area contributed by atoms with Gasteiger partial charge in [0.1, 0.15) is 5.82 Å².